The van der Waals surface area contributed by atoms with Crippen LogP contribution in [-0.4, -0.2) is 19.9 Å². The lowest BCUT2D eigenvalue weighted by Crippen LogP contribution is -2.26. The van der Waals surface area contributed by atoms with Crippen molar-refractivity contribution >= 4 is 21.6 Å². The molecule has 21 heavy (non-hydrogen) atoms. The number of rotatable bonds is 6. The molecule has 1 heterocycles. The van der Waals surface area contributed by atoms with Crippen molar-refractivity contribution in [2.24, 2.45) is 0 Å². The van der Waals surface area contributed by atoms with Crippen molar-refractivity contribution in [2.75, 3.05) is 6.54 Å². The Morgan fingerprint density at radius 2 is 1.95 bits per heavy atom. The molecule has 1 aromatic heterocycles. The molecule has 1 unspecified atom stereocenters. The predicted molar refractivity (Wildman–Crippen MR) is 83.9 cm³/mol. The number of hydrogen-bond acceptors (Lipinski definition) is 3. The minimum absolute atomic E-state index is 0.0130. The molecule has 0 aliphatic rings. The number of nitrogens with one attached hydrogen (secondary N) is 1. The van der Waals surface area contributed by atoms with E-state index in [4.69, 9.17) is 11.6 Å². The van der Waals surface area contributed by atoms with E-state index in [9.17, 15) is 8.42 Å². The quantitative estimate of drug-likeness (QED) is 0.887. The van der Waals surface area contributed by atoms with Gasteiger partial charge < -0.3 is 0 Å². The number of halogens is 1. The van der Waals surface area contributed by atoms with Gasteiger partial charge in [-0.05, 0) is 24.0 Å². The van der Waals surface area contributed by atoms with Crippen molar-refractivity contribution in [3.63, 3.8) is 0 Å². The minimum atomic E-state index is -3.61. The normalized spacial score (nSPS) is 13.0. The molecule has 2 rings (SSSR count). The van der Waals surface area contributed by atoms with Gasteiger partial charge in [-0.2, -0.15) is 0 Å². The zero-order valence-electron chi connectivity index (χ0n) is 11.7. The maximum Gasteiger partial charge on any atom is 0.243 e. The van der Waals surface area contributed by atoms with E-state index in [0.717, 1.165) is 0 Å². The molecule has 0 amide bonds. The average molecular weight is 325 g/mol. The largest absolute Gasteiger partial charge is 0.263 e. The summed E-state index contributed by atoms with van der Waals surface area (Å²) in [4.78, 5) is 3.81. The summed E-state index contributed by atoms with van der Waals surface area (Å²) in [6.07, 6.45) is 3.42. The molecule has 6 heteroatoms. The number of sulfonamides is 1. The van der Waals surface area contributed by atoms with Gasteiger partial charge in [0.15, 0.2) is 0 Å². The Kier molecular flexibility index (Phi) is 5.33. The molecule has 0 saturated heterocycles. The third kappa shape index (κ3) is 4.27. The molecule has 0 saturated carbocycles. The Morgan fingerprint density at radius 3 is 2.62 bits per heavy atom. The molecule has 0 aliphatic heterocycles. The Hall–Kier alpha value is -1.43. The number of aromatic nitrogens is 1. The van der Waals surface area contributed by atoms with Gasteiger partial charge in [-0.15, -0.1) is 0 Å². The molecule has 112 valence electrons. The summed E-state index contributed by atoms with van der Waals surface area (Å²) in [7, 11) is -3.61. The van der Waals surface area contributed by atoms with Gasteiger partial charge in [0.1, 0.15) is 4.90 Å². The van der Waals surface area contributed by atoms with E-state index >= 15 is 0 Å². The van der Waals surface area contributed by atoms with Gasteiger partial charge in [-0.25, -0.2) is 13.1 Å². The molecule has 0 bridgehead atoms. The minimum Gasteiger partial charge on any atom is -0.263 e. The van der Waals surface area contributed by atoms with Crippen LogP contribution in [-0.2, 0) is 10.0 Å². The van der Waals surface area contributed by atoms with Crippen LogP contribution in [0, 0.1) is 0 Å². The number of nitrogens with zero attached hydrogens (tertiary/aromatic N) is 1. The molecule has 0 radical (unpaired) electrons. The van der Waals surface area contributed by atoms with E-state index in [-0.39, 0.29) is 15.8 Å². The fourth-order valence-corrected chi connectivity index (χ4v) is 3.47. The number of benzene rings is 1. The molecule has 0 fully saturated rings. The third-order valence-corrected chi connectivity index (χ3v) is 5.19. The molecule has 1 aromatic carbocycles. The summed E-state index contributed by atoms with van der Waals surface area (Å²) in [6, 6.07) is 11.5. The van der Waals surface area contributed by atoms with Crippen LogP contribution in [0.3, 0.4) is 0 Å². The van der Waals surface area contributed by atoms with Crippen LogP contribution >= 0.6 is 11.6 Å². The summed E-state index contributed by atoms with van der Waals surface area (Å²) in [6.45, 7) is 2.42. The molecule has 4 nitrogen and oxygen atoms in total. The standard InChI is InChI=1S/C15H17ClN2O2S/c1-12(13-5-3-2-4-6-13)7-10-18-21(19,20)15-11-17-9-8-14(15)16/h2-6,8-9,11-12,18H,7,10H2,1H3. The van der Waals surface area contributed by atoms with Crippen LogP contribution < -0.4 is 4.72 Å². The monoisotopic (exact) mass is 324 g/mol. The molecule has 0 spiro atoms. The summed E-state index contributed by atoms with van der Waals surface area (Å²) in [5.74, 6) is 0.276. The first-order valence-corrected chi connectivity index (χ1v) is 8.51. The van der Waals surface area contributed by atoms with E-state index in [1.807, 2.05) is 30.3 Å². The Balaban J connectivity index is 1.96. The topological polar surface area (TPSA) is 59.1 Å². The number of pyridine rings is 1. The lowest BCUT2D eigenvalue weighted by molar-refractivity contribution is 0.572. The molecular weight excluding hydrogens is 308 g/mol. The van der Waals surface area contributed by atoms with Crippen LogP contribution in [0.5, 0.6) is 0 Å². The van der Waals surface area contributed by atoms with Crippen molar-refractivity contribution in [2.45, 2.75) is 24.2 Å². The van der Waals surface area contributed by atoms with Crippen molar-refractivity contribution in [3.05, 3.63) is 59.4 Å². The lowest BCUT2D eigenvalue weighted by Gasteiger charge is -2.13. The SMILES string of the molecule is CC(CCNS(=O)(=O)c1cnccc1Cl)c1ccccc1. The van der Waals surface area contributed by atoms with Crippen LogP contribution in [0.1, 0.15) is 24.8 Å². The van der Waals surface area contributed by atoms with E-state index < -0.39 is 10.0 Å². The maximum atomic E-state index is 12.1. The van der Waals surface area contributed by atoms with Crippen molar-refractivity contribution < 1.29 is 8.42 Å². The van der Waals surface area contributed by atoms with Gasteiger partial charge in [0.2, 0.25) is 10.0 Å². The van der Waals surface area contributed by atoms with Gasteiger partial charge in [0.25, 0.3) is 0 Å². The summed E-state index contributed by atoms with van der Waals surface area (Å²) < 4.78 is 26.8. The summed E-state index contributed by atoms with van der Waals surface area (Å²) in [5, 5.41) is 0.175. The van der Waals surface area contributed by atoms with Gasteiger partial charge in [-0.3, -0.25) is 4.98 Å². The van der Waals surface area contributed by atoms with Gasteiger partial charge in [0.05, 0.1) is 5.02 Å². The Bertz CT molecular complexity index is 690. The zero-order valence-corrected chi connectivity index (χ0v) is 13.2. The average Bonchev–Trinajstić information content (AvgIpc) is 2.48. The second-order valence-corrected chi connectivity index (χ2v) is 6.95. The fraction of sp³-hybridized carbons (Fsp3) is 0.267. The summed E-state index contributed by atoms with van der Waals surface area (Å²) in [5.41, 5.74) is 1.19. The first kappa shape index (κ1) is 15.9. The molecule has 2 aromatic rings. The van der Waals surface area contributed by atoms with Crippen LogP contribution in [0.15, 0.2) is 53.7 Å². The highest BCUT2D eigenvalue weighted by molar-refractivity contribution is 7.89. The van der Waals surface area contributed by atoms with Crippen LogP contribution in [0.4, 0.5) is 0 Å². The fourth-order valence-electron chi connectivity index (χ4n) is 2.00. The van der Waals surface area contributed by atoms with E-state index in [0.29, 0.717) is 13.0 Å². The van der Waals surface area contributed by atoms with Gasteiger partial charge >= 0.3 is 0 Å². The second kappa shape index (κ2) is 7.02. The van der Waals surface area contributed by atoms with E-state index in [1.165, 1.54) is 24.0 Å². The Morgan fingerprint density at radius 1 is 1.24 bits per heavy atom. The zero-order chi connectivity index (χ0) is 15.3. The maximum absolute atomic E-state index is 12.1. The van der Waals surface area contributed by atoms with E-state index in [2.05, 4.69) is 16.6 Å². The highest BCUT2D eigenvalue weighted by atomic mass is 35.5. The van der Waals surface area contributed by atoms with Crippen LogP contribution in [0.2, 0.25) is 5.02 Å². The molecular formula is C15H17ClN2O2S. The predicted octanol–water partition coefficient (Wildman–Crippen LogP) is 3.21. The second-order valence-electron chi connectivity index (χ2n) is 4.80. The lowest BCUT2D eigenvalue weighted by atomic mass is 9.98. The molecule has 1 N–H and O–H groups in total. The smallest absolute Gasteiger partial charge is 0.243 e. The van der Waals surface area contributed by atoms with Gasteiger partial charge in [-0.1, -0.05) is 48.9 Å². The third-order valence-electron chi connectivity index (χ3n) is 3.26. The van der Waals surface area contributed by atoms with E-state index in [1.54, 1.807) is 0 Å². The molecule has 1 atom stereocenters. The highest BCUT2D eigenvalue weighted by Crippen LogP contribution is 2.20. The molecule has 0 aliphatic carbocycles. The van der Waals surface area contributed by atoms with Gasteiger partial charge in [0, 0.05) is 18.9 Å². The van der Waals surface area contributed by atoms with Crippen LogP contribution in [0.25, 0.3) is 0 Å². The number of hydrogen-bond donors (Lipinski definition) is 1. The Labute approximate surface area is 130 Å². The van der Waals surface area contributed by atoms with Crippen molar-refractivity contribution in [1.29, 1.82) is 0 Å². The summed E-state index contributed by atoms with van der Waals surface area (Å²) >= 11 is 5.89. The first-order chi connectivity index (χ1) is 10.0. The highest BCUT2D eigenvalue weighted by Gasteiger charge is 2.17. The first-order valence-electron chi connectivity index (χ1n) is 6.65. The van der Waals surface area contributed by atoms with Crippen molar-refractivity contribution in [3.8, 4) is 0 Å². The van der Waals surface area contributed by atoms with Crippen molar-refractivity contribution in [1.82, 2.24) is 9.71 Å².